The third-order valence-electron chi connectivity index (χ3n) is 3.05. The van der Waals surface area contributed by atoms with Crippen LogP contribution in [0.15, 0.2) is 0 Å². The zero-order valence-electron chi connectivity index (χ0n) is 9.30. The van der Waals surface area contributed by atoms with Crippen molar-refractivity contribution in [1.29, 1.82) is 0 Å². The average Bonchev–Trinajstić information content (AvgIpc) is 2.11. The third-order valence-corrected chi connectivity index (χ3v) is 3.05. The van der Waals surface area contributed by atoms with E-state index in [-0.39, 0.29) is 6.04 Å². The number of ether oxygens (including phenoxy) is 1. The summed E-state index contributed by atoms with van der Waals surface area (Å²) in [5, 5.41) is 3.41. The molecule has 1 fully saturated rings. The minimum Gasteiger partial charge on any atom is -0.385 e. The smallest absolute Gasteiger partial charge is 0.0477 e. The summed E-state index contributed by atoms with van der Waals surface area (Å²) in [7, 11) is 1.72. The van der Waals surface area contributed by atoms with Crippen molar-refractivity contribution in [3.8, 4) is 0 Å². The fraction of sp³-hybridized carbons (Fsp3) is 1.00. The lowest BCUT2D eigenvalue weighted by Gasteiger charge is -2.25. The molecule has 84 valence electrons. The largest absolute Gasteiger partial charge is 0.385 e. The molecule has 0 bridgehead atoms. The van der Waals surface area contributed by atoms with Crippen LogP contribution in [0.25, 0.3) is 0 Å². The van der Waals surface area contributed by atoms with Gasteiger partial charge in [0.2, 0.25) is 0 Å². The Bertz CT molecular complexity index is 137. The molecule has 0 amide bonds. The molecule has 1 aliphatic rings. The first-order valence-corrected chi connectivity index (χ1v) is 5.78. The van der Waals surface area contributed by atoms with Gasteiger partial charge in [-0.1, -0.05) is 19.3 Å². The van der Waals surface area contributed by atoms with Gasteiger partial charge in [-0.2, -0.15) is 0 Å². The van der Waals surface area contributed by atoms with Crippen molar-refractivity contribution in [3.63, 3.8) is 0 Å². The maximum atomic E-state index is 5.88. The molecule has 0 aromatic rings. The summed E-state index contributed by atoms with van der Waals surface area (Å²) >= 11 is 0. The Balaban J connectivity index is 1.81. The molecule has 3 heteroatoms. The van der Waals surface area contributed by atoms with Crippen LogP contribution in [-0.2, 0) is 4.74 Å². The van der Waals surface area contributed by atoms with Gasteiger partial charge in [0, 0.05) is 26.3 Å². The Morgan fingerprint density at radius 2 is 2.29 bits per heavy atom. The normalized spacial score (nSPS) is 19.3. The molecule has 0 radical (unpaired) electrons. The maximum absolute atomic E-state index is 5.88. The van der Waals surface area contributed by atoms with E-state index >= 15 is 0 Å². The predicted molar refractivity (Wildman–Crippen MR) is 59.3 cm³/mol. The highest BCUT2D eigenvalue weighted by Crippen LogP contribution is 2.28. The summed E-state index contributed by atoms with van der Waals surface area (Å²) in [4.78, 5) is 0. The van der Waals surface area contributed by atoms with Gasteiger partial charge in [-0.05, 0) is 25.3 Å². The van der Waals surface area contributed by atoms with Gasteiger partial charge in [-0.3, -0.25) is 0 Å². The molecule has 0 saturated heterocycles. The second-order valence-electron chi connectivity index (χ2n) is 4.33. The van der Waals surface area contributed by atoms with Crippen molar-refractivity contribution in [3.05, 3.63) is 0 Å². The van der Waals surface area contributed by atoms with Crippen LogP contribution in [0.5, 0.6) is 0 Å². The molecule has 3 nitrogen and oxygen atoms in total. The van der Waals surface area contributed by atoms with Gasteiger partial charge in [0.15, 0.2) is 0 Å². The molecular formula is C11H24N2O. The molecule has 1 saturated carbocycles. The summed E-state index contributed by atoms with van der Waals surface area (Å²) in [6, 6.07) is 0.247. The number of nitrogens with two attached hydrogens (primary N) is 1. The monoisotopic (exact) mass is 200 g/mol. The number of hydrogen-bond donors (Lipinski definition) is 2. The lowest BCUT2D eigenvalue weighted by Crippen LogP contribution is -2.35. The van der Waals surface area contributed by atoms with E-state index in [1.165, 1.54) is 25.7 Å². The number of hydrogen-bond acceptors (Lipinski definition) is 3. The highest BCUT2D eigenvalue weighted by molar-refractivity contribution is 4.71. The van der Waals surface area contributed by atoms with E-state index in [2.05, 4.69) is 5.32 Å². The first kappa shape index (κ1) is 12.0. The number of rotatable bonds is 8. The van der Waals surface area contributed by atoms with Crippen LogP contribution in [0, 0.1) is 5.92 Å². The summed E-state index contributed by atoms with van der Waals surface area (Å²) in [5.74, 6) is 0.998. The van der Waals surface area contributed by atoms with E-state index in [9.17, 15) is 0 Å². The first-order valence-electron chi connectivity index (χ1n) is 5.78. The van der Waals surface area contributed by atoms with Crippen LogP contribution >= 0.6 is 0 Å². The molecule has 1 atom stereocenters. The van der Waals surface area contributed by atoms with E-state index in [0.717, 1.165) is 32.0 Å². The standard InChI is InChI=1S/C11H24N2O/c1-14-8-6-11(12)9-13-7-5-10-3-2-4-10/h10-11,13H,2-9,12H2,1H3. The zero-order chi connectivity index (χ0) is 10.2. The Kier molecular flexibility index (Phi) is 6.15. The fourth-order valence-electron chi connectivity index (χ4n) is 1.75. The van der Waals surface area contributed by atoms with Crippen molar-refractivity contribution >= 4 is 0 Å². The molecule has 0 heterocycles. The molecule has 0 aromatic carbocycles. The van der Waals surface area contributed by atoms with Crippen LogP contribution in [0.2, 0.25) is 0 Å². The first-order chi connectivity index (χ1) is 6.83. The lowest BCUT2D eigenvalue weighted by atomic mass is 9.83. The maximum Gasteiger partial charge on any atom is 0.0477 e. The summed E-state index contributed by atoms with van der Waals surface area (Å²) in [5.41, 5.74) is 5.88. The van der Waals surface area contributed by atoms with Gasteiger partial charge in [0.25, 0.3) is 0 Å². The Labute approximate surface area is 87.4 Å². The Morgan fingerprint density at radius 3 is 2.86 bits per heavy atom. The molecule has 0 aromatic heterocycles. The third kappa shape index (κ3) is 4.94. The van der Waals surface area contributed by atoms with Crippen molar-refractivity contribution in [1.82, 2.24) is 5.32 Å². The van der Waals surface area contributed by atoms with Crippen molar-refractivity contribution < 1.29 is 4.74 Å². The minimum atomic E-state index is 0.247. The SMILES string of the molecule is COCCC(N)CNCCC1CCC1. The highest BCUT2D eigenvalue weighted by atomic mass is 16.5. The van der Waals surface area contributed by atoms with E-state index in [1.807, 2.05) is 0 Å². The van der Waals surface area contributed by atoms with Gasteiger partial charge in [-0.15, -0.1) is 0 Å². The zero-order valence-corrected chi connectivity index (χ0v) is 9.30. The molecule has 3 N–H and O–H groups in total. The van der Waals surface area contributed by atoms with E-state index in [4.69, 9.17) is 10.5 Å². The van der Waals surface area contributed by atoms with E-state index < -0.39 is 0 Å². The summed E-state index contributed by atoms with van der Waals surface area (Å²) < 4.78 is 4.98. The van der Waals surface area contributed by atoms with Gasteiger partial charge in [0.05, 0.1) is 0 Å². The van der Waals surface area contributed by atoms with Crippen molar-refractivity contribution in [2.75, 3.05) is 26.8 Å². The molecule has 1 unspecified atom stereocenters. The summed E-state index contributed by atoms with van der Waals surface area (Å²) in [6.07, 6.45) is 6.61. The van der Waals surface area contributed by atoms with Crippen LogP contribution in [-0.4, -0.2) is 32.8 Å². The minimum absolute atomic E-state index is 0.247. The average molecular weight is 200 g/mol. The van der Waals surface area contributed by atoms with Crippen LogP contribution in [0.4, 0.5) is 0 Å². The van der Waals surface area contributed by atoms with Gasteiger partial charge in [0.1, 0.15) is 0 Å². The predicted octanol–water partition coefficient (Wildman–Crippen LogP) is 1.13. The van der Waals surface area contributed by atoms with E-state index in [0.29, 0.717) is 0 Å². The topological polar surface area (TPSA) is 47.3 Å². The second-order valence-corrected chi connectivity index (χ2v) is 4.33. The van der Waals surface area contributed by atoms with Crippen LogP contribution < -0.4 is 11.1 Å². The van der Waals surface area contributed by atoms with E-state index in [1.54, 1.807) is 7.11 Å². The fourth-order valence-corrected chi connectivity index (χ4v) is 1.75. The van der Waals surface area contributed by atoms with Gasteiger partial charge < -0.3 is 15.8 Å². The molecule has 1 rings (SSSR count). The lowest BCUT2D eigenvalue weighted by molar-refractivity contribution is 0.187. The van der Waals surface area contributed by atoms with Gasteiger partial charge >= 0.3 is 0 Å². The molecule has 1 aliphatic carbocycles. The molecular weight excluding hydrogens is 176 g/mol. The number of nitrogens with one attached hydrogen (secondary N) is 1. The second kappa shape index (κ2) is 7.21. The Hall–Kier alpha value is -0.120. The molecule has 0 spiro atoms. The quantitative estimate of drug-likeness (QED) is 0.577. The molecule has 14 heavy (non-hydrogen) atoms. The molecule has 0 aliphatic heterocycles. The Morgan fingerprint density at radius 1 is 1.50 bits per heavy atom. The van der Waals surface area contributed by atoms with Crippen LogP contribution in [0.3, 0.4) is 0 Å². The van der Waals surface area contributed by atoms with Crippen molar-refractivity contribution in [2.45, 2.75) is 38.1 Å². The van der Waals surface area contributed by atoms with Gasteiger partial charge in [-0.25, -0.2) is 0 Å². The summed E-state index contributed by atoms with van der Waals surface area (Å²) in [6.45, 7) is 2.83. The number of methoxy groups -OCH3 is 1. The van der Waals surface area contributed by atoms with Crippen LogP contribution in [0.1, 0.15) is 32.1 Å². The highest BCUT2D eigenvalue weighted by Gasteiger charge is 2.16. The van der Waals surface area contributed by atoms with Crippen molar-refractivity contribution in [2.24, 2.45) is 11.7 Å².